The number of rotatable bonds is 7. The van der Waals surface area contributed by atoms with Crippen molar-refractivity contribution in [2.24, 2.45) is 0 Å². The predicted octanol–water partition coefficient (Wildman–Crippen LogP) is 2.82. The van der Waals surface area contributed by atoms with Crippen LogP contribution in [-0.4, -0.2) is 62.5 Å². The minimum absolute atomic E-state index is 0.0751. The molecule has 0 aliphatic carbocycles. The molecule has 34 heavy (non-hydrogen) atoms. The van der Waals surface area contributed by atoms with Gasteiger partial charge in [0.25, 0.3) is 5.91 Å². The van der Waals surface area contributed by atoms with Gasteiger partial charge in [-0.2, -0.15) is 4.31 Å². The average Bonchev–Trinajstić information content (AvgIpc) is 3.26. The van der Waals surface area contributed by atoms with E-state index in [1.807, 2.05) is 24.3 Å². The number of hydrogen-bond acceptors (Lipinski definition) is 8. The summed E-state index contributed by atoms with van der Waals surface area (Å²) in [6.07, 6.45) is 2.75. The first-order chi connectivity index (χ1) is 16.3. The van der Waals surface area contributed by atoms with Crippen LogP contribution in [0.1, 0.15) is 10.6 Å². The number of esters is 1. The van der Waals surface area contributed by atoms with Crippen molar-refractivity contribution in [2.75, 3.05) is 38.2 Å². The van der Waals surface area contributed by atoms with Gasteiger partial charge in [-0.1, -0.05) is 18.2 Å². The Kier molecular flexibility index (Phi) is 7.37. The molecule has 1 aromatic heterocycles. The number of sulfonamides is 1. The van der Waals surface area contributed by atoms with Gasteiger partial charge in [0, 0.05) is 24.9 Å². The van der Waals surface area contributed by atoms with Gasteiger partial charge in [-0.25, -0.2) is 18.2 Å². The third kappa shape index (κ3) is 5.68. The summed E-state index contributed by atoms with van der Waals surface area (Å²) in [7, 11) is -3.70. The smallest absolute Gasteiger partial charge is 0.331 e. The summed E-state index contributed by atoms with van der Waals surface area (Å²) >= 11 is 1.44. The van der Waals surface area contributed by atoms with Crippen molar-refractivity contribution >= 4 is 55.2 Å². The second-order valence-electron chi connectivity index (χ2n) is 7.50. The molecule has 4 rings (SSSR count). The Bertz CT molecular complexity index is 1310. The highest BCUT2D eigenvalue weighted by molar-refractivity contribution is 7.89. The molecular formula is C23H23N3O6S2. The number of hydrogen-bond donors (Lipinski definition) is 1. The summed E-state index contributed by atoms with van der Waals surface area (Å²) in [5, 5.41) is 3.26. The summed E-state index contributed by atoms with van der Waals surface area (Å²) in [4.78, 5) is 28.8. The van der Waals surface area contributed by atoms with Crippen molar-refractivity contribution in [2.45, 2.75) is 11.8 Å². The van der Waals surface area contributed by atoms with Crippen LogP contribution in [0.15, 0.2) is 53.4 Å². The first-order valence-electron chi connectivity index (χ1n) is 10.5. The van der Waals surface area contributed by atoms with E-state index in [0.29, 0.717) is 29.5 Å². The maximum atomic E-state index is 12.9. The monoisotopic (exact) mass is 501 g/mol. The molecule has 1 saturated heterocycles. The summed E-state index contributed by atoms with van der Waals surface area (Å²) in [6, 6.07) is 12.2. The fraction of sp³-hybridized carbons (Fsp3) is 0.261. The number of fused-ring (bicyclic) bond motifs is 1. The fourth-order valence-corrected chi connectivity index (χ4v) is 5.61. The van der Waals surface area contributed by atoms with Gasteiger partial charge in [-0.05, 0) is 42.8 Å². The Morgan fingerprint density at radius 3 is 2.74 bits per heavy atom. The van der Waals surface area contributed by atoms with E-state index in [-0.39, 0.29) is 18.0 Å². The van der Waals surface area contributed by atoms with E-state index < -0.39 is 28.5 Å². The van der Waals surface area contributed by atoms with Crippen LogP contribution in [0.4, 0.5) is 5.69 Å². The lowest BCUT2D eigenvalue weighted by Gasteiger charge is -2.26. The van der Waals surface area contributed by atoms with Crippen molar-refractivity contribution in [3.8, 4) is 0 Å². The molecule has 1 aliphatic rings. The standard InChI is InChI=1S/C23H23N3O6S2/c1-16-6-7-17(34(29,30)26-10-12-31-13-11-26)14-19(16)24-21(27)15-32-23(28)9-8-22-25-18-4-2-3-5-20(18)33-22/h2-9,14H,10-13,15H2,1H3,(H,24,27)/b9-8+. The number of aromatic nitrogens is 1. The quantitative estimate of drug-likeness (QED) is 0.391. The highest BCUT2D eigenvalue weighted by Gasteiger charge is 2.27. The average molecular weight is 502 g/mol. The van der Waals surface area contributed by atoms with Crippen molar-refractivity contribution in [1.82, 2.24) is 9.29 Å². The number of anilines is 1. The first kappa shape index (κ1) is 24.0. The number of aryl methyl sites for hydroxylation is 1. The van der Waals surface area contributed by atoms with E-state index in [1.54, 1.807) is 13.0 Å². The van der Waals surface area contributed by atoms with E-state index in [0.717, 1.165) is 10.2 Å². The Hall–Kier alpha value is -3.12. The summed E-state index contributed by atoms with van der Waals surface area (Å²) < 4.78 is 38.3. The predicted molar refractivity (Wildman–Crippen MR) is 129 cm³/mol. The molecule has 0 radical (unpaired) electrons. The van der Waals surface area contributed by atoms with Gasteiger partial charge in [0.05, 0.1) is 28.3 Å². The molecule has 11 heteroatoms. The molecule has 9 nitrogen and oxygen atoms in total. The van der Waals surface area contributed by atoms with E-state index in [2.05, 4.69) is 10.3 Å². The minimum Gasteiger partial charge on any atom is -0.452 e. The zero-order valence-corrected chi connectivity index (χ0v) is 20.0. The molecule has 1 fully saturated rings. The fourth-order valence-electron chi connectivity index (χ4n) is 3.30. The zero-order chi connectivity index (χ0) is 24.1. The third-order valence-electron chi connectivity index (χ3n) is 5.11. The number of nitrogens with zero attached hydrogens (tertiary/aromatic N) is 2. The van der Waals surface area contributed by atoms with Crippen LogP contribution in [0, 0.1) is 6.92 Å². The van der Waals surface area contributed by atoms with E-state index in [1.165, 1.54) is 39.9 Å². The van der Waals surface area contributed by atoms with Gasteiger partial charge < -0.3 is 14.8 Å². The molecule has 2 aromatic carbocycles. The van der Waals surface area contributed by atoms with E-state index in [4.69, 9.17) is 9.47 Å². The molecule has 0 spiro atoms. The van der Waals surface area contributed by atoms with Crippen LogP contribution in [-0.2, 0) is 29.1 Å². The first-order valence-corrected chi connectivity index (χ1v) is 12.8. The van der Waals surface area contributed by atoms with E-state index >= 15 is 0 Å². The Balaban J connectivity index is 1.35. The van der Waals surface area contributed by atoms with Crippen molar-refractivity contribution in [1.29, 1.82) is 0 Å². The van der Waals surface area contributed by atoms with Gasteiger partial charge in [0.15, 0.2) is 6.61 Å². The number of para-hydroxylation sites is 1. The number of amides is 1. The topological polar surface area (TPSA) is 115 Å². The molecule has 0 unspecified atom stereocenters. The Labute approximate surface area is 201 Å². The number of nitrogens with one attached hydrogen (secondary N) is 1. The normalized spacial score (nSPS) is 15.0. The van der Waals surface area contributed by atoms with Crippen molar-refractivity contribution in [3.05, 3.63) is 59.1 Å². The minimum atomic E-state index is -3.70. The lowest BCUT2D eigenvalue weighted by Crippen LogP contribution is -2.40. The number of carbonyl (C=O) groups excluding carboxylic acids is 2. The molecule has 2 heterocycles. The highest BCUT2D eigenvalue weighted by atomic mass is 32.2. The molecule has 0 saturated carbocycles. The van der Waals surface area contributed by atoms with Gasteiger partial charge in [0.1, 0.15) is 5.01 Å². The van der Waals surface area contributed by atoms with Crippen LogP contribution >= 0.6 is 11.3 Å². The van der Waals surface area contributed by atoms with Gasteiger partial charge >= 0.3 is 5.97 Å². The van der Waals surface area contributed by atoms with Gasteiger partial charge in [-0.15, -0.1) is 11.3 Å². The Morgan fingerprint density at radius 2 is 1.97 bits per heavy atom. The zero-order valence-electron chi connectivity index (χ0n) is 18.4. The second kappa shape index (κ2) is 10.4. The molecule has 3 aromatic rings. The largest absolute Gasteiger partial charge is 0.452 e. The summed E-state index contributed by atoms with van der Waals surface area (Å²) in [5.74, 6) is -1.26. The number of morpholine rings is 1. The van der Waals surface area contributed by atoms with Gasteiger partial charge in [0.2, 0.25) is 10.0 Å². The van der Waals surface area contributed by atoms with E-state index in [9.17, 15) is 18.0 Å². The number of thiazole rings is 1. The number of carbonyl (C=O) groups is 2. The molecular weight excluding hydrogens is 478 g/mol. The molecule has 0 bridgehead atoms. The molecule has 0 atom stereocenters. The molecule has 1 aliphatic heterocycles. The number of ether oxygens (including phenoxy) is 2. The second-order valence-corrected chi connectivity index (χ2v) is 10.5. The van der Waals surface area contributed by atoms with Crippen molar-refractivity contribution in [3.63, 3.8) is 0 Å². The van der Waals surface area contributed by atoms with Gasteiger partial charge in [-0.3, -0.25) is 4.79 Å². The maximum Gasteiger partial charge on any atom is 0.331 e. The summed E-state index contributed by atoms with van der Waals surface area (Å²) in [5.41, 5.74) is 1.85. The lowest BCUT2D eigenvalue weighted by atomic mass is 10.2. The van der Waals surface area contributed by atoms with Crippen LogP contribution in [0.5, 0.6) is 0 Å². The SMILES string of the molecule is Cc1ccc(S(=O)(=O)N2CCOCC2)cc1NC(=O)COC(=O)/C=C/c1nc2ccccc2s1. The third-order valence-corrected chi connectivity index (χ3v) is 8.01. The summed E-state index contributed by atoms with van der Waals surface area (Å²) in [6.45, 7) is 2.47. The molecule has 1 amide bonds. The van der Waals surface area contributed by atoms with Crippen LogP contribution in [0.25, 0.3) is 16.3 Å². The van der Waals surface area contributed by atoms with Crippen molar-refractivity contribution < 1.29 is 27.5 Å². The number of benzene rings is 2. The lowest BCUT2D eigenvalue weighted by molar-refractivity contribution is -0.142. The Morgan fingerprint density at radius 1 is 1.21 bits per heavy atom. The molecule has 178 valence electrons. The van der Waals surface area contributed by atoms with Crippen LogP contribution in [0.3, 0.4) is 0 Å². The van der Waals surface area contributed by atoms with Crippen LogP contribution < -0.4 is 5.32 Å². The molecule has 1 N–H and O–H groups in total. The maximum absolute atomic E-state index is 12.9. The highest BCUT2D eigenvalue weighted by Crippen LogP contribution is 2.24. The van der Waals surface area contributed by atoms with Crippen LogP contribution in [0.2, 0.25) is 0 Å².